The topological polar surface area (TPSA) is 80.4 Å². The van der Waals surface area contributed by atoms with Crippen molar-refractivity contribution >= 4 is 20.9 Å². The van der Waals surface area contributed by atoms with Gasteiger partial charge in [-0.25, -0.2) is 0 Å². The van der Waals surface area contributed by atoms with Crippen LogP contribution in [0.5, 0.6) is 0 Å². The Balaban J connectivity index is 0.000000313. The van der Waals surface area contributed by atoms with Crippen LogP contribution >= 0.6 is 0 Å². The number of hydrogen-bond donors (Lipinski definition) is 2. The van der Waals surface area contributed by atoms with Crippen molar-refractivity contribution in [2.75, 3.05) is 0 Å². The van der Waals surface area contributed by atoms with Crippen LogP contribution in [0.1, 0.15) is 82.8 Å². The smallest absolute Gasteiger partial charge is 0.294 e. The summed E-state index contributed by atoms with van der Waals surface area (Å²) in [6, 6.07) is 9.76. The van der Waals surface area contributed by atoms with Crippen LogP contribution in [-0.4, -0.2) is 19.0 Å². The molecule has 150 valence electrons. The summed E-state index contributed by atoms with van der Waals surface area (Å²) in [5.41, 5.74) is 7.51. The quantitative estimate of drug-likeness (QED) is 0.666. The largest absolute Gasteiger partial charge is 0.328 e. The van der Waals surface area contributed by atoms with Gasteiger partial charge in [-0.3, -0.25) is 4.55 Å². The van der Waals surface area contributed by atoms with Gasteiger partial charge in [0.15, 0.2) is 0 Å². The molecule has 2 aromatic rings. The van der Waals surface area contributed by atoms with E-state index in [0.29, 0.717) is 17.5 Å². The second-order valence-corrected chi connectivity index (χ2v) is 9.49. The lowest BCUT2D eigenvalue weighted by atomic mass is 9.90. The zero-order chi connectivity index (χ0) is 20.2. The van der Waals surface area contributed by atoms with E-state index in [4.69, 9.17) is 5.73 Å². The van der Waals surface area contributed by atoms with Gasteiger partial charge in [-0.1, -0.05) is 71.2 Å². The van der Waals surface area contributed by atoms with Crippen LogP contribution in [0, 0.1) is 0 Å². The van der Waals surface area contributed by atoms with Gasteiger partial charge in [-0.15, -0.1) is 0 Å². The van der Waals surface area contributed by atoms with Gasteiger partial charge in [0.25, 0.3) is 10.1 Å². The van der Waals surface area contributed by atoms with Crippen LogP contribution < -0.4 is 5.73 Å². The van der Waals surface area contributed by atoms with Crippen molar-refractivity contribution in [3.8, 4) is 0 Å². The summed E-state index contributed by atoms with van der Waals surface area (Å²) in [7, 11) is -4.20. The number of rotatable bonds is 3. The molecule has 0 atom stereocenters. The molecule has 3 rings (SSSR count). The first kappa shape index (κ1) is 21.9. The maximum atomic E-state index is 11.6. The molecule has 27 heavy (non-hydrogen) atoms. The van der Waals surface area contributed by atoms with Gasteiger partial charge in [-0.05, 0) is 52.6 Å². The van der Waals surface area contributed by atoms with E-state index in [0.717, 1.165) is 10.8 Å². The highest BCUT2D eigenvalue weighted by atomic mass is 32.2. The lowest BCUT2D eigenvalue weighted by Gasteiger charge is -2.17. The predicted octanol–water partition coefficient (Wildman–Crippen LogP) is 5.61. The van der Waals surface area contributed by atoms with Crippen LogP contribution in [0.15, 0.2) is 35.2 Å². The number of fused-ring (bicyclic) bond motifs is 1. The molecule has 0 radical (unpaired) electrons. The molecule has 4 nitrogen and oxygen atoms in total. The third-order valence-electron chi connectivity index (χ3n) is 5.22. The fourth-order valence-electron chi connectivity index (χ4n) is 3.84. The van der Waals surface area contributed by atoms with Gasteiger partial charge < -0.3 is 5.73 Å². The van der Waals surface area contributed by atoms with Crippen LogP contribution in [0.2, 0.25) is 0 Å². The summed E-state index contributed by atoms with van der Waals surface area (Å²) in [4.78, 5) is 0.0147. The highest BCUT2D eigenvalue weighted by Gasteiger charge is 2.21. The molecule has 0 unspecified atom stereocenters. The molecule has 0 saturated heterocycles. The second kappa shape index (κ2) is 9.18. The van der Waals surface area contributed by atoms with Crippen molar-refractivity contribution in [1.29, 1.82) is 0 Å². The Bertz CT molecular complexity index is 867. The van der Waals surface area contributed by atoms with E-state index in [1.165, 1.54) is 43.7 Å². The van der Waals surface area contributed by atoms with Crippen molar-refractivity contribution in [3.05, 3.63) is 41.5 Å². The van der Waals surface area contributed by atoms with Crippen LogP contribution in [-0.2, 0) is 10.1 Å². The number of nitrogens with two attached hydrogens (primary N) is 1. The van der Waals surface area contributed by atoms with Gasteiger partial charge in [-0.2, -0.15) is 8.42 Å². The predicted molar refractivity (Wildman–Crippen MR) is 113 cm³/mol. The molecule has 0 aromatic heterocycles. The molecule has 0 aliphatic heterocycles. The fourth-order valence-corrected chi connectivity index (χ4v) is 4.71. The van der Waals surface area contributed by atoms with E-state index in [1.807, 2.05) is 26.0 Å². The van der Waals surface area contributed by atoms with E-state index in [9.17, 15) is 13.0 Å². The summed E-state index contributed by atoms with van der Waals surface area (Å²) < 4.78 is 32.6. The van der Waals surface area contributed by atoms with Gasteiger partial charge in [0.2, 0.25) is 0 Å². The molecule has 3 N–H and O–H groups in total. The Kier molecular flexibility index (Phi) is 7.43. The third-order valence-corrected chi connectivity index (χ3v) is 6.14. The lowest BCUT2D eigenvalue weighted by Crippen LogP contribution is -2.22. The maximum Gasteiger partial charge on any atom is 0.294 e. The Morgan fingerprint density at radius 2 is 1.56 bits per heavy atom. The zero-order valence-corrected chi connectivity index (χ0v) is 17.7. The Labute approximate surface area is 163 Å². The molecule has 1 saturated carbocycles. The van der Waals surface area contributed by atoms with Crippen molar-refractivity contribution < 1.29 is 13.0 Å². The minimum absolute atomic E-state index is 0.0121. The molecular weight excluding hydrogens is 358 g/mol. The first-order valence-electron chi connectivity index (χ1n) is 9.91. The van der Waals surface area contributed by atoms with E-state index >= 15 is 0 Å². The van der Waals surface area contributed by atoms with E-state index in [1.54, 1.807) is 6.07 Å². The first-order chi connectivity index (χ1) is 12.6. The van der Waals surface area contributed by atoms with E-state index < -0.39 is 10.1 Å². The summed E-state index contributed by atoms with van der Waals surface area (Å²) in [5.74, 6) is 0.369. The summed E-state index contributed by atoms with van der Waals surface area (Å²) in [6.07, 6.45) is 6.66. The standard InChI is InChI=1S/C16H20O3S.C6H13N/c1-10(2)12-6-5-7-14-13(12)8-9-15(20(17,18)19)16(14)11(3)4;7-6-4-2-1-3-5-6/h5-11H,1-4H3,(H,17,18,19);6H,1-5,7H2. The van der Waals surface area contributed by atoms with Crippen molar-refractivity contribution in [1.82, 2.24) is 0 Å². The molecule has 1 fully saturated rings. The Hall–Kier alpha value is -1.43. The second-order valence-electron chi connectivity index (χ2n) is 8.10. The first-order valence-corrected chi connectivity index (χ1v) is 11.4. The van der Waals surface area contributed by atoms with Crippen LogP contribution in [0.3, 0.4) is 0 Å². The lowest BCUT2D eigenvalue weighted by molar-refractivity contribution is 0.441. The van der Waals surface area contributed by atoms with E-state index in [-0.39, 0.29) is 10.8 Å². The van der Waals surface area contributed by atoms with E-state index in [2.05, 4.69) is 19.9 Å². The molecule has 1 aliphatic rings. The molecule has 0 amide bonds. The number of hydrogen-bond acceptors (Lipinski definition) is 3. The molecule has 5 heteroatoms. The molecule has 0 bridgehead atoms. The zero-order valence-electron chi connectivity index (χ0n) is 16.9. The normalized spacial score (nSPS) is 15.9. The van der Waals surface area contributed by atoms with Gasteiger partial charge in [0.1, 0.15) is 0 Å². The highest BCUT2D eigenvalue weighted by Crippen LogP contribution is 2.35. The molecule has 1 aliphatic carbocycles. The summed E-state index contributed by atoms with van der Waals surface area (Å²) in [5, 5.41) is 1.96. The molecular formula is C22H33NO3S. The van der Waals surface area contributed by atoms with Crippen molar-refractivity contribution in [3.63, 3.8) is 0 Å². The summed E-state index contributed by atoms with van der Waals surface area (Å²) >= 11 is 0. The molecule has 2 aromatic carbocycles. The van der Waals surface area contributed by atoms with Gasteiger partial charge in [0.05, 0.1) is 4.90 Å². The monoisotopic (exact) mass is 391 g/mol. The van der Waals surface area contributed by atoms with Crippen molar-refractivity contribution in [2.45, 2.75) is 82.6 Å². The summed E-state index contributed by atoms with van der Waals surface area (Å²) in [6.45, 7) is 8.10. The molecule has 0 spiro atoms. The van der Waals surface area contributed by atoms with Gasteiger partial charge >= 0.3 is 0 Å². The van der Waals surface area contributed by atoms with Crippen LogP contribution in [0.4, 0.5) is 0 Å². The number of benzene rings is 2. The average Bonchev–Trinajstić information content (AvgIpc) is 2.60. The minimum atomic E-state index is -4.20. The Morgan fingerprint density at radius 3 is 2.00 bits per heavy atom. The molecule has 0 heterocycles. The maximum absolute atomic E-state index is 11.6. The SMILES string of the molecule is CC(C)c1cccc2c(C(C)C)c(S(=O)(=O)O)ccc12.NC1CCCCC1. The Morgan fingerprint density at radius 1 is 0.926 bits per heavy atom. The highest BCUT2D eigenvalue weighted by molar-refractivity contribution is 7.85. The third kappa shape index (κ3) is 5.53. The van der Waals surface area contributed by atoms with Gasteiger partial charge in [0, 0.05) is 6.04 Å². The minimum Gasteiger partial charge on any atom is -0.328 e. The average molecular weight is 392 g/mol. The van der Waals surface area contributed by atoms with Crippen LogP contribution in [0.25, 0.3) is 10.8 Å². The van der Waals surface area contributed by atoms with Crippen molar-refractivity contribution in [2.24, 2.45) is 5.73 Å². The fraction of sp³-hybridized carbons (Fsp3) is 0.545.